The summed E-state index contributed by atoms with van der Waals surface area (Å²) in [6.45, 7) is 6.28. The highest BCUT2D eigenvalue weighted by Crippen LogP contribution is 1.97. The van der Waals surface area contributed by atoms with E-state index in [0.29, 0.717) is 13.0 Å². The van der Waals surface area contributed by atoms with Crippen LogP contribution in [0, 0.1) is 11.3 Å². The number of rotatable bonds is 8. The van der Waals surface area contributed by atoms with E-state index < -0.39 is 0 Å². The third-order valence-corrected chi connectivity index (χ3v) is 1.82. The summed E-state index contributed by atoms with van der Waals surface area (Å²) in [6, 6.07) is 2.12. The molecular weight excluding hydrogens is 164 g/mol. The van der Waals surface area contributed by atoms with E-state index >= 15 is 0 Å². The largest absolute Gasteiger partial charge is 0.395 e. The van der Waals surface area contributed by atoms with E-state index in [1.807, 2.05) is 6.08 Å². The van der Waals surface area contributed by atoms with Gasteiger partial charge in [0.2, 0.25) is 0 Å². The first kappa shape index (κ1) is 12.2. The van der Waals surface area contributed by atoms with Gasteiger partial charge in [-0.05, 0) is 19.4 Å². The number of nitrogens with zero attached hydrogens (tertiary/aromatic N) is 2. The van der Waals surface area contributed by atoms with Crippen LogP contribution in [0.15, 0.2) is 12.7 Å². The van der Waals surface area contributed by atoms with Gasteiger partial charge in [-0.25, -0.2) is 0 Å². The van der Waals surface area contributed by atoms with Gasteiger partial charge in [-0.15, -0.1) is 6.58 Å². The topological polar surface area (TPSA) is 47.3 Å². The predicted octanol–water partition coefficient (Wildman–Crippen LogP) is 1.16. The smallest absolute Gasteiger partial charge is 0.0621 e. The normalized spacial score (nSPS) is 9.92. The fraction of sp³-hybridized carbons (Fsp3) is 0.700. The molecule has 0 bridgehead atoms. The molecule has 0 heterocycles. The van der Waals surface area contributed by atoms with Crippen LogP contribution in [0.2, 0.25) is 0 Å². The van der Waals surface area contributed by atoms with E-state index in [1.165, 1.54) is 0 Å². The summed E-state index contributed by atoms with van der Waals surface area (Å²) in [4.78, 5) is 2.13. The maximum atomic E-state index is 8.74. The van der Waals surface area contributed by atoms with Crippen LogP contribution in [-0.2, 0) is 0 Å². The van der Waals surface area contributed by atoms with Crippen LogP contribution in [0.3, 0.4) is 0 Å². The van der Waals surface area contributed by atoms with Crippen LogP contribution < -0.4 is 0 Å². The quantitative estimate of drug-likeness (QED) is 0.452. The molecule has 0 saturated heterocycles. The van der Waals surface area contributed by atoms with Crippen molar-refractivity contribution in [3.8, 4) is 6.07 Å². The zero-order valence-corrected chi connectivity index (χ0v) is 8.08. The molecule has 13 heavy (non-hydrogen) atoms. The number of hydrogen-bond donors (Lipinski definition) is 1. The standard InChI is InChI=1S/C10H18N2O/c1-2-7-12(9-10-13)8-5-3-4-6-11/h2,13H,1,3-5,7-10H2. The minimum absolute atomic E-state index is 0.187. The fourth-order valence-corrected chi connectivity index (χ4v) is 1.16. The maximum absolute atomic E-state index is 8.74. The fourth-order valence-electron chi connectivity index (χ4n) is 1.16. The third-order valence-electron chi connectivity index (χ3n) is 1.82. The van der Waals surface area contributed by atoms with E-state index in [1.54, 1.807) is 0 Å². The van der Waals surface area contributed by atoms with Gasteiger partial charge in [0.15, 0.2) is 0 Å². The Morgan fingerprint density at radius 3 is 2.69 bits per heavy atom. The molecule has 74 valence electrons. The van der Waals surface area contributed by atoms with Crippen LogP contribution in [0.5, 0.6) is 0 Å². The minimum Gasteiger partial charge on any atom is -0.395 e. The Bertz CT molecular complexity index is 163. The number of nitriles is 1. The average Bonchev–Trinajstić information content (AvgIpc) is 2.13. The molecule has 0 aliphatic carbocycles. The van der Waals surface area contributed by atoms with Crippen molar-refractivity contribution in [1.82, 2.24) is 4.90 Å². The predicted molar refractivity (Wildman–Crippen MR) is 53.2 cm³/mol. The van der Waals surface area contributed by atoms with E-state index in [0.717, 1.165) is 25.9 Å². The van der Waals surface area contributed by atoms with Gasteiger partial charge >= 0.3 is 0 Å². The third kappa shape index (κ3) is 7.51. The van der Waals surface area contributed by atoms with Crippen LogP contribution >= 0.6 is 0 Å². The lowest BCUT2D eigenvalue weighted by molar-refractivity contribution is 0.206. The highest BCUT2D eigenvalue weighted by Gasteiger charge is 2.00. The first-order valence-electron chi connectivity index (χ1n) is 4.66. The monoisotopic (exact) mass is 182 g/mol. The van der Waals surface area contributed by atoms with E-state index in [9.17, 15) is 0 Å². The van der Waals surface area contributed by atoms with Crippen LogP contribution in [0.1, 0.15) is 19.3 Å². The lowest BCUT2D eigenvalue weighted by Crippen LogP contribution is -2.28. The molecule has 0 aromatic carbocycles. The van der Waals surface area contributed by atoms with Crippen molar-refractivity contribution in [1.29, 1.82) is 5.26 Å². The Kier molecular flexibility index (Phi) is 8.64. The van der Waals surface area contributed by atoms with Gasteiger partial charge < -0.3 is 5.11 Å². The molecule has 0 atom stereocenters. The Labute approximate surface area is 80.3 Å². The Balaban J connectivity index is 3.44. The minimum atomic E-state index is 0.187. The molecule has 0 radical (unpaired) electrons. The summed E-state index contributed by atoms with van der Waals surface area (Å²) >= 11 is 0. The van der Waals surface area contributed by atoms with Crippen molar-refractivity contribution in [3.63, 3.8) is 0 Å². The molecule has 0 unspecified atom stereocenters. The van der Waals surface area contributed by atoms with E-state index in [2.05, 4.69) is 17.5 Å². The molecule has 0 amide bonds. The van der Waals surface area contributed by atoms with Crippen molar-refractivity contribution in [2.45, 2.75) is 19.3 Å². The molecule has 0 aliphatic rings. The second kappa shape index (κ2) is 9.24. The van der Waals surface area contributed by atoms with Crippen molar-refractivity contribution in [3.05, 3.63) is 12.7 Å². The van der Waals surface area contributed by atoms with Crippen molar-refractivity contribution >= 4 is 0 Å². The molecule has 0 saturated carbocycles. The zero-order chi connectivity index (χ0) is 9.94. The van der Waals surface area contributed by atoms with Gasteiger partial charge in [0.1, 0.15) is 0 Å². The Morgan fingerprint density at radius 2 is 2.15 bits per heavy atom. The molecule has 3 nitrogen and oxygen atoms in total. The summed E-state index contributed by atoms with van der Waals surface area (Å²) in [5.74, 6) is 0. The van der Waals surface area contributed by atoms with Gasteiger partial charge in [-0.2, -0.15) is 5.26 Å². The number of aliphatic hydroxyl groups excluding tert-OH is 1. The lowest BCUT2D eigenvalue weighted by Gasteiger charge is -2.18. The summed E-state index contributed by atoms with van der Waals surface area (Å²) in [5.41, 5.74) is 0. The molecule has 0 spiro atoms. The molecule has 0 fully saturated rings. The molecule has 1 N–H and O–H groups in total. The van der Waals surface area contributed by atoms with Gasteiger partial charge in [0.25, 0.3) is 0 Å². The van der Waals surface area contributed by atoms with Gasteiger partial charge in [0, 0.05) is 19.5 Å². The van der Waals surface area contributed by atoms with Crippen molar-refractivity contribution < 1.29 is 5.11 Å². The molecule has 0 aromatic rings. The van der Waals surface area contributed by atoms with Crippen molar-refractivity contribution in [2.24, 2.45) is 0 Å². The SMILES string of the molecule is C=CCN(CCO)CCCCC#N. The first-order chi connectivity index (χ1) is 6.35. The molecule has 0 rings (SSSR count). The Hall–Kier alpha value is -0.850. The number of aliphatic hydroxyl groups is 1. The van der Waals surface area contributed by atoms with Crippen molar-refractivity contribution in [2.75, 3.05) is 26.2 Å². The average molecular weight is 182 g/mol. The highest BCUT2D eigenvalue weighted by molar-refractivity contribution is 4.74. The number of hydrogen-bond acceptors (Lipinski definition) is 3. The van der Waals surface area contributed by atoms with E-state index in [4.69, 9.17) is 10.4 Å². The zero-order valence-electron chi connectivity index (χ0n) is 8.08. The molecule has 3 heteroatoms. The second-order valence-electron chi connectivity index (χ2n) is 2.93. The number of unbranched alkanes of at least 4 members (excludes halogenated alkanes) is 2. The van der Waals surface area contributed by atoms with E-state index in [-0.39, 0.29) is 6.61 Å². The summed E-state index contributed by atoms with van der Waals surface area (Å²) in [7, 11) is 0. The summed E-state index contributed by atoms with van der Waals surface area (Å²) in [6.07, 6.45) is 4.41. The van der Waals surface area contributed by atoms with Crippen LogP contribution in [0.25, 0.3) is 0 Å². The second-order valence-corrected chi connectivity index (χ2v) is 2.93. The maximum Gasteiger partial charge on any atom is 0.0621 e. The molecule has 0 aromatic heterocycles. The summed E-state index contributed by atoms with van der Waals surface area (Å²) in [5, 5.41) is 17.1. The van der Waals surface area contributed by atoms with Gasteiger partial charge in [-0.3, -0.25) is 4.90 Å². The van der Waals surface area contributed by atoms with Crippen LogP contribution in [-0.4, -0.2) is 36.2 Å². The highest BCUT2D eigenvalue weighted by atomic mass is 16.3. The Morgan fingerprint density at radius 1 is 1.38 bits per heavy atom. The summed E-state index contributed by atoms with van der Waals surface area (Å²) < 4.78 is 0. The van der Waals surface area contributed by atoms with Gasteiger partial charge in [0.05, 0.1) is 12.7 Å². The first-order valence-corrected chi connectivity index (χ1v) is 4.66. The molecular formula is C10H18N2O. The molecule has 0 aliphatic heterocycles. The van der Waals surface area contributed by atoms with Gasteiger partial charge in [-0.1, -0.05) is 6.08 Å². The van der Waals surface area contributed by atoms with Crippen LogP contribution in [0.4, 0.5) is 0 Å². The lowest BCUT2D eigenvalue weighted by atomic mass is 10.2.